The molecule has 0 radical (unpaired) electrons. The predicted molar refractivity (Wildman–Crippen MR) is 104 cm³/mol. The van der Waals surface area contributed by atoms with Crippen LogP contribution < -0.4 is 0 Å². The number of hydrogen-bond acceptors (Lipinski definition) is 6. The lowest BCUT2D eigenvalue weighted by Gasteiger charge is -2.26. The van der Waals surface area contributed by atoms with E-state index < -0.39 is 24.3 Å². The normalized spacial score (nSPS) is 13.7. The van der Waals surface area contributed by atoms with Crippen LogP contribution in [-0.2, 0) is 35.8 Å². The maximum Gasteiger partial charge on any atom is 0.490 e. The van der Waals surface area contributed by atoms with Crippen molar-refractivity contribution < 1.29 is 50.6 Å². The number of halogens is 6. The molecule has 4 heterocycles. The summed E-state index contributed by atoms with van der Waals surface area (Å²) >= 11 is 0. The van der Waals surface area contributed by atoms with Gasteiger partial charge in [-0.25, -0.2) is 14.6 Å². The first-order valence-corrected chi connectivity index (χ1v) is 9.61. The lowest BCUT2D eigenvalue weighted by molar-refractivity contribution is -0.193. The second kappa shape index (κ2) is 11.5. The van der Waals surface area contributed by atoms with E-state index in [9.17, 15) is 26.3 Å². The molecule has 2 N–H and O–H groups in total. The summed E-state index contributed by atoms with van der Waals surface area (Å²) in [6, 6.07) is 3.95. The fourth-order valence-electron chi connectivity index (χ4n) is 2.77. The maximum absolute atomic E-state index is 10.6. The Kier molecular flexibility index (Phi) is 9.05. The van der Waals surface area contributed by atoms with Gasteiger partial charge in [0.2, 0.25) is 0 Å². The standard InChI is InChI=1S/C15H17N5O.2C2HF3O2/c1-3-16-20(4-1)10-14-9-19-6-5-18(11-15(19)17-14)8-13-2-7-21-12-13;2*3-2(4,5)1(6)7/h1-4,7,9,12H,5-6,8,10-11H2;2*(H,6,7). The molecule has 0 saturated carbocycles. The zero-order valence-corrected chi connectivity index (χ0v) is 17.7. The molecule has 1 aliphatic rings. The number of rotatable bonds is 4. The van der Waals surface area contributed by atoms with Crippen molar-refractivity contribution in [3.63, 3.8) is 0 Å². The fourth-order valence-corrected chi connectivity index (χ4v) is 2.77. The second-order valence-electron chi connectivity index (χ2n) is 6.99. The van der Waals surface area contributed by atoms with Crippen molar-refractivity contribution in [1.82, 2.24) is 24.2 Å². The molecule has 0 aliphatic carbocycles. The van der Waals surface area contributed by atoms with Crippen LogP contribution in [0.15, 0.2) is 47.7 Å². The predicted octanol–water partition coefficient (Wildman–Crippen LogP) is 3.00. The van der Waals surface area contributed by atoms with Gasteiger partial charge in [0.25, 0.3) is 0 Å². The molecule has 0 aromatic carbocycles. The third-order valence-corrected chi connectivity index (χ3v) is 4.29. The summed E-state index contributed by atoms with van der Waals surface area (Å²) in [5, 5.41) is 18.5. The van der Waals surface area contributed by atoms with E-state index in [0.29, 0.717) is 0 Å². The topological polar surface area (TPSA) is 127 Å². The molecule has 3 aromatic rings. The molecule has 10 nitrogen and oxygen atoms in total. The van der Waals surface area contributed by atoms with E-state index in [4.69, 9.17) is 29.2 Å². The molecule has 35 heavy (non-hydrogen) atoms. The molecule has 0 amide bonds. The van der Waals surface area contributed by atoms with Gasteiger partial charge < -0.3 is 19.2 Å². The van der Waals surface area contributed by atoms with Gasteiger partial charge >= 0.3 is 24.3 Å². The summed E-state index contributed by atoms with van der Waals surface area (Å²) in [7, 11) is 0. The molecule has 0 unspecified atom stereocenters. The Bertz CT molecular complexity index is 1050. The minimum Gasteiger partial charge on any atom is -0.475 e. The molecular formula is C19H19F6N5O5. The highest BCUT2D eigenvalue weighted by molar-refractivity contribution is 5.73. The van der Waals surface area contributed by atoms with Crippen LogP contribution >= 0.6 is 0 Å². The van der Waals surface area contributed by atoms with Gasteiger partial charge in [0.15, 0.2) is 0 Å². The fraction of sp³-hybridized carbons (Fsp3) is 0.368. The Morgan fingerprint density at radius 1 is 1.03 bits per heavy atom. The Labute approximate surface area is 193 Å². The summed E-state index contributed by atoms with van der Waals surface area (Å²) < 4.78 is 72.8. The number of furan rings is 1. The first kappa shape index (κ1) is 27.4. The molecule has 4 rings (SSSR count). The van der Waals surface area contributed by atoms with Gasteiger partial charge in [-0.2, -0.15) is 31.4 Å². The summed E-state index contributed by atoms with van der Waals surface area (Å²) in [6.07, 6.45) is -0.731. The highest BCUT2D eigenvalue weighted by Gasteiger charge is 2.38. The molecule has 0 spiro atoms. The molecule has 3 aromatic heterocycles. The number of carboxylic acid groups (broad SMARTS) is 2. The van der Waals surface area contributed by atoms with Gasteiger partial charge in [-0.15, -0.1) is 0 Å². The van der Waals surface area contributed by atoms with Crippen LogP contribution in [0.3, 0.4) is 0 Å². The Balaban J connectivity index is 0.000000257. The Morgan fingerprint density at radius 2 is 1.66 bits per heavy atom. The van der Waals surface area contributed by atoms with E-state index in [1.807, 2.05) is 29.3 Å². The third kappa shape index (κ3) is 9.15. The largest absolute Gasteiger partial charge is 0.490 e. The Morgan fingerprint density at radius 3 is 2.14 bits per heavy atom. The summed E-state index contributed by atoms with van der Waals surface area (Å²) in [5.41, 5.74) is 2.28. The van der Waals surface area contributed by atoms with Crippen LogP contribution in [0.4, 0.5) is 26.3 Å². The van der Waals surface area contributed by atoms with Crippen molar-refractivity contribution in [2.45, 2.75) is 38.5 Å². The van der Waals surface area contributed by atoms with E-state index in [1.54, 1.807) is 12.5 Å². The highest BCUT2D eigenvalue weighted by atomic mass is 19.4. The van der Waals surface area contributed by atoms with Crippen LogP contribution in [0.5, 0.6) is 0 Å². The first-order chi connectivity index (χ1) is 16.3. The van der Waals surface area contributed by atoms with E-state index in [2.05, 4.69) is 20.8 Å². The van der Waals surface area contributed by atoms with Crippen LogP contribution in [-0.4, -0.2) is 65.3 Å². The summed E-state index contributed by atoms with van der Waals surface area (Å²) in [6.45, 7) is 4.55. The van der Waals surface area contributed by atoms with Crippen molar-refractivity contribution in [1.29, 1.82) is 0 Å². The van der Waals surface area contributed by atoms with Crippen molar-refractivity contribution in [3.8, 4) is 0 Å². The SMILES string of the molecule is O=C(O)C(F)(F)F.O=C(O)C(F)(F)F.c1cnn(Cc2cn3c(n2)CN(Cc2ccoc2)CC3)c1. The number of carboxylic acids is 2. The maximum atomic E-state index is 10.6. The number of carbonyl (C=O) groups is 2. The molecule has 0 saturated heterocycles. The lowest BCUT2D eigenvalue weighted by atomic mass is 10.3. The average Bonchev–Trinajstić information content (AvgIpc) is 3.49. The molecule has 0 fully saturated rings. The second-order valence-corrected chi connectivity index (χ2v) is 6.99. The zero-order valence-electron chi connectivity index (χ0n) is 17.7. The summed E-state index contributed by atoms with van der Waals surface area (Å²) in [5.74, 6) is -4.38. The average molecular weight is 511 g/mol. The minimum atomic E-state index is -5.08. The lowest BCUT2D eigenvalue weighted by Crippen LogP contribution is -2.33. The monoisotopic (exact) mass is 511 g/mol. The van der Waals surface area contributed by atoms with Gasteiger partial charge in [-0.05, 0) is 12.1 Å². The number of hydrogen-bond donors (Lipinski definition) is 2. The van der Waals surface area contributed by atoms with E-state index in [0.717, 1.165) is 44.2 Å². The van der Waals surface area contributed by atoms with Crippen molar-refractivity contribution in [2.75, 3.05) is 6.54 Å². The quantitative estimate of drug-likeness (QED) is 0.512. The van der Waals surface area contributed by atoms with Crippen molar-refractivity contribution >= 4 is 11.9 Å². The first-order valence-electron chi connectivity index (χ1n) is 9.61. The van der Waals surface area contributed by atoms with Crippen LogP contribution in [0.25, 0.3) is 0 Å². The van der Waals surface area contributed by atoms with E-state index in [-0.39, 0.29) is 0 Å². The number of imidazole rings is 1. The minimum absolute atomic E-state index is 0.731. The molecule has 1 aliphatic heterocycles. The number of aromatic nitrogens is 4. The van der Waals surface area contributed by atoms with Gasteiger partial charge in [0.05, 0.1) is 31.3 Å². The molecule has 192 valence electrons. The van der Waals surface area contributed by atoms with Crippen molar-refractivity contribution in [3.05, 3.63) is 60.3 Å². The number of aliphatic carboxylic acids is 2. The zero-order chi connectivity index (χ0) is 26.2. The van der Waals surface area contributed by atoms with Crippen LogP contribution in [0.2, 0.25) is 0 Å². The number of fused-ring (bicyclic) bond motifs is 1. The highest BCUT2D eigenvalue weighted by Crippen LogP contribution is 2.16. The van der Waals surface area contributed by atoms with E-state index in [1.165, 1.54) is 5.56 Å². The summed E-state index contributed by atoms with van der Waals surface area (Å²) in [4.78, 5) is 24.9. The smallest absolute Gasteiger partial charge is 0.475 e. The van der Waals surface area contributed by atoms with Gasteiger partial charge in [-0.1, -0.05) is 0 Å². The van der Waals surface area contributed by atoms with Gasteiger partial charge in [0, 0.05) is 43.8 Å². The van der Waals surface area contributed by atoms with E-state index >= 15 is 0 Å². The third-order valence-electron chi connectivity index (χ3n) is 4.29. The number of alkyl halides is 6. The van der Waals surface area contributed by atoms with Gasteiger partial charge in [-0.3, -0.25) is 9.58 Å². The Hall–Kier alpha value is -3.82. The van der Waals surface area contributed by atoms with Crippen LogP contribution in [0.1, 0.15) is 17.1 Å². The molecule has 16 heteroatoms. The molecular weight excluding hydrogens is 492 g/mol. The number of nitrogens with zero attached hydrogens (tertiary/aromatic N) is 5. The molecule has 0 bridgehead atoms. The van der Waals surface area contributed by atoms with Gasteiger partial charge in [0.1, 0.15) is 5.82 Å². The van der Waals surface area contributed by atoms with Crippen molar-refractivity contribution in [2.24, 2.45) is 0 Å². The molecule has 0 atom stereocenters. The van der Waals surface area contributed by atoms with Crippen LogP contribution in [0, 0.1) is 0 Å².